The van der Waals surface area contributed by atoms with Crippen molar-refractivity contribution in [2.45, 2.75) is 11.3 Å². The second kappa shape index (κ2) is 4.93. The van der Waals surface area contributed by atoms with Crippen molar-refractivity contribution < 1.29 is 8.22 Å². The van der Waals surface area contributed by atoms with Gasteiger partial charge >= 0.3 is 0 Å². The minimum atomic E-state index is -2.64. The monoisotopic (exact) mass is 240 g/mol. The summed E-state index contributed by atoms with van der Waals surface area (Å²) in [5, 5.41) is 1.00. The minimum absolute atomic E-state index is 0.0521. The summed E-state index contributed by atoms with van der Waals surface area (Å²) in [5.74, 6) is 0. The molecule has 1 N–H and O–H groups in total. The fourth-order valence-electron chi connectivity index (χ4n) is 1.72. The molecule has 16 heavy (non-hydrogen) atoms. The van der Waals surface area contributed by atoms with E-state index in [1.165, 1.54) is 0 Å². The van der Waals surface area contributed by atoms with E-state index in [0.29, 0.717) is 11.3 Å². The van der Waals surface area contributed by atoms with E-state index in [4.69, 9.17) is 8.22 Å². The lowest BCUT2D eigenvalue weighted by Gasteiger charge is -2.08. The number of hydrogen-bond acceptors (Lipinski definition) is 2. The molecule has 0 amide bonds. The average molecular weight is 240 g/mol. The summed E-state index contributed by atoms with van der Waals surface area (Å²) in [6.07, 6.45) is 4.15. The van der Waals surface area contributed by atoms with E-state index in [1.54, 1.807) is 11.8 Å². The largest absolute Gasteiger partial charge is 0.361 e. The van der Waals surface area contributed by atoms with Gasteiger partial charge in [-0.2, -0.15) is 0 Å². The topological polar surface area (TPSA) is 19.0 Å². The Morgan fingerprint density at radius 3 is 3.06 bits per heavy atom. The first-order valence-electron chi connectivity index (χ1n) is 8.04. The number of benzene rings is 1. The van der Waals surface area contributed by atoms with Crippen molar-refractivity contribution in [1.82, 2.24) is 9.88 Å². The normalized spacial score (nSPS) is 18.6. The number of aromatic nitrogens is 1. The Balaban J connectivity index is 2.23. The number of rotatable bonds is 4. The van der Waals surface area contributed by atoms with E-state index in [9.17, 15) is 0 Å². The highest BCUT2D eigenvalue weighted by molar-refractivity contribution is 7.98. The third-order valence-corrected chi connectivity index (χ3v) is 3.30. The minimum Gasteiger partial charge on any atom is -0.361 e. The van der Waals surface area contributed by atoms with Crippen LogP contribution in [0.25, 0.3) is 10.9 Å². The van der Waals surface area contributed by atoms with Gasteiger partial charge in [0, 0.05) is 36.8 Å². The van der Waals surface area contributed by atoms with Gasteiger partial charge in [-0.15, -0.1) is 11.8 Å². The zero-order valence-corrected chi connectivity index (χ0v) is 9.90. The zero-order valence-electron chi connectivity index (χ0n) is 15.1. The Hall–Kier alpha value is -0.930. The summed E-state index contributed by atoms with van der Waals surface area (Å²) in [5.41, 5.74) is 1.88. The van der Waals surface area contributed by atoms with Gasteiger partial charge < -0.3 is 9.88 Å². The van der Waals surface area contributed by atoms with Crippen LogP contribution in [0.4, 0.5) is 0 Å². The van der Waals surface area contributed by atoms with E-state index < -0.39 is 14.0 Å². The maximum Gasteiger partial charge on any atom is 0.0457 e. The lowest BCUT2D eigenvalue weighted by molar-refractivity contribution is 0.414. The molecule has 2 nitrogen and oxygen atoms in total. The molecule has 0 atom stereocenters. The second-order valence-electron chi connectivity index (χ2n) is 3.63. The maximum atomic E-state index is 7.39. The fourth-order valence-corrected chi connectivity index (χ4v) is 2.16. The molecule has 0 aliphatic carbocycles. The van der Waals surface area contributed by atoms with Crippen LogP contribution < -0.4 is 0 Å². The van der Waals surface area contributed by atoms with Crippen LogP contribution in [0.15, 0.2) is 29.3 Å². The van der Waals surface area contributed by atoms with E-state index in [-0.39, 0.29) is 6.54 Å². The van der Waals surface area contributed by atoms with Gasteiger partial charge in [-0.1, -0.05) is 0 Å². The Bertz CT molecular complexity index is 632. The zero-order chi connectivity index (χ0) is 16.5. The number of aromatic amines is 1. The van der Waals surface area contributed by atoms with Gasteiger partial charge in [0.1, 0.15) is 0 Å². The van der Waals surface area contributed by atoms with Crippen molar-refractivity contribution >= 4 is 22.7 Å². The van der Waals surface area contributed by atoms with Crippen LogP contribution in [0.5, 0.6) is 0 Å². The summed E-state index contributed by atoms with van der Waals surface area (Å²) in [7, 11) is 0. The number of nitrogens with one attached hydrogen (secondary N) is 1. The van der Waals surface area contributed by atoms with Crippen LogP contribution in [-0.4, -0.2) is 36.6 Å². The molecule has 0 aliphatic rings. The van der Waals surface area contributed by atoms with Gasteiger partial charge in [0.15, 0.2) is 0 Å². The summed E-state index contributed by atoms with van der Waals surface area (Å²) in [4.78, 5) is 4.83. The highest BCUT2D eigenvalue weighted by atomic mass is 32.2. The molecular formula is C13H18N2S. The molecule has 0 spiro atoms. The van der Waals surface area contributed by atoms with Crippen molar-refractivity contribution in [1.29, 1.82) is 0 Å². The highest BCUT2D eigenvalue weighted by Gasteiger charge is 2.04. The molecule has 0 bridgehead atoms. The predicted molar refractivity (Wildman–Crippen MR) is 72.3 cm³/mol. The van der Waals surface area contributed by atoms with Crippen molar-refractivity contribution in [3.8, 4) is 0 Å². The predicted octanol–water partition coefficient (Wildman–Crippen LogP) is 2.99. The molecule has 0 unspecified atom stereocenters. The van der Waals surface area contributed by atoms with E-state index in [2.05, 4.69) is 4.98 Å². The van der Waals surface area contributed by atoms with Gasteiger partial charge in [0.25, 0.3) is 0 Å². The van der Waals surface area contributed by atoms with E-state index in [0.717, 1.165) is 21.4 Å². The van der Waals surface area contributed by atoms with Gasteiger partial charge in [-0.05, 0) is 50.4 Å². The Labute approximate surface area is 109 Å². The summed E-state index contributed by atoms with van der Waals surface area (Å²) >= 11 is 1.62. The van der Waals surface area contributed by atoms with Crippen LogP contribution in [0.2, 0.25) is 0 Å². The van der Waals surface area contributed by atoms with Crippen LogP contribution >= 0.6 is 11.8 Å². The average Bonchev–Trinajstić information content (AvgIpc) is 2.78. The third kappa shape index (κ3) is 2.42. The molecule has 2 rings (SSSR count). The number of thioether (sulfide) groups is 1. The number of nitrogens with zero attached hydrogens (tertiary/aromatic N) is 1. The van der Waals surface area contributed by atoms with Gasteiger partial charge in [-0.25, -0.2) is 0 Å². The first-order valence-corrected chi connectivity index (χ1v) is 6.27. The molecule has 1 heterocycles. The molecule has 86 valence electrons. The molecule has 1 aromatic heterocycles. The van der Waals surface area contributed by atoms with Gasteiger partial charge in [-0.3, -0.25) is 0 Å². The Morgan fingerprint density at radius 1 is 1.44 bits per heavy atom. The summed E-state index contributed by atoms with van der Waals surface area (Å²) < 4.78 is 44.3. The van der Waals surface area contributed by atoms with Crippen molar-refractivity contribution in [2.24, 2.45) is 0 Å². The Morgan fingerprint density at radius 2 is 2.31 bits per heavy atom. The lowest BCUT2D eigenvalue weighted by Crippen LogP contribution is -2.14. The summed E-state index contributed by atoms with van der Waals surface area (Å²) in [6.45, 7) is -5.33. The smallest absolute Gasteiger partial charge is 0.0457 e. The fraction of sp³-hybridized carbons (Fsp3) is 0.385. The van der Waals surface area contributed by atoms with Gasteiger partial charge in [0.05, 0.1) is 0 Å². The Kier molecular flexibility index (Phi) is 1.89. The molecule has 0 aliphatic heterocycles. The van der Waals surface area contributed by atoms with E-state index >= 15 is 0 Å². The third-order valence-electron chi connectivity index (χ3n) is 2.58. The molecule has 0 saturated carbocycles. The number of hydrogen-bond donors (Lipinski definition) is 1. The van der Waals surface area contributed by atoms with Crippen LogP contribution in [0, 0.1) is 0 Å². The lowest BCUT2D eigenvalue weighted by atomic mass is 10.1. The number of fused-ring (bicyclic) bond motifs is 1. The highest BCUT2D eigenvalue weighted by Crippen LogP contribution is 2.24. The van der Waals surface area contributed by atoms with E-state index in [1.807, 2.05) is 30.7 Å². The maximum absolute atomic E-state index is 7.39. The standard InChI is InChI=1S/C13H18N2S/c1-15(2)7-6-10-9-14-13-5-4-11(16-3)8-12(10)13/h4-5,8-9,14H,6-7H2,1-3H3/i1D3,2D3. The first kappa shape index (κ1) is 6.12. The molecule has 0 radical (unpaired) electrons. The molecule has 0 saturated heterocycles. The van der Waals surface area contributed by atoms with Crippen LogP contribution in [0.1, 0.15) is 13.8 Å². The summed E-state index contributed by atoms with van der Waals surface area (Å²) in [6, 6.07) is 6.00. The molecule has 0 fully saturated rings. The number of H-pyrrole nitrogens is 1. The van der Waals surface area contributed by atoms with Crippen molar-refractivity contribution in [2.75, 3.05) is 26.8 Å². The van der Waals surface area contributed by atoms with Gasteiger partial charge in [0.2, 0.25) is 0 Å². The first-order chi connectivity index (χ1) is 10.1. The SMILES string of the molecule is [2H]C([2H])([2H])N(CCc1c[nH]c2ccc(SC)cc12)C([2H])([2H])[2H]. The molecule has 1 aromatic carbocycles. The molecule has 2 aromatic rings. The van der Waals surface area contributed by atoms with Crippen molar-refractivity contribution in [3.63, 3.8) is 0 Å². The van der Waals surface area contributed by atoms with Crippen molar-refractivity contribution in [3.05, 3.63) is 30.0 Å². The second-order valence-corrected chi connectivity index (χ2v) is 4.51. The molecular weight excluding hydrogens is 216 g/mol. The molecule has 3 heteroatoms. The van der Waals surface area contributed by atoms with Crippen LogP contribution in [0.3, 0.4) is 0 Å². The quantitative estimate of drug-likeness (QED) is 0.829. The number of likely N-dealkylation sites (N-methyl/N-ethyl adjacent to an activating group) is 1. The van der Waals surface area contributed by atoms with Crippen LogP contribution in [-0.2, 0) is 6.42 Å².